The first-order valence-electron chi connectivity index (χ1n) is 9.61. The Morgan fingerprint density at radius 3 is 2.43 bits per heavy atom. The Balaban J connectivity index is 0.00000320. The van der Waals surface area contributed by atoms with Crippen molar-refractivity contribution in [3.05, 3.63) is 89.2 Å². The van der Waals surface area contributed by atoms with Crippen LogP contribution in [0.3, 0.4) is 0 Å². The number of carbonyl (C=O) groups is 1. The van der Waals surface area contributed by atoms with E-state index in [4.69, 9.17) is 5.73 Å². The van der Waals surface area contributed by atoms with Crippen molar-refractivity contribution < 1.29 is 4.79 Å². The molecule has 0 saturated heterocycles. The first-order chi connectivity index (χ1) is 14.2. The Labute approximate surface area is 193 Å². The lowest BCUT2D eigenvalue weighted by Gasteiger charge is -2.14. The molecule has 8 heteroatoms. The Kier molecular flexibility index (Phi) is 9.33. The highest BCUT2D eigenvalue weighted by molar-refractivity contribution is 14.0. The third kappa shape index (κ3) is 6.87. The van der Waals surface area contributed by atoms with Gasteiger partial charge in [0.15, 0.2) is 5.96 Å². The van der Waals surface area contributed by atoms with E-state index in [2.05, 4.69) is 32.9 Å². The predicted molar refractivity (Wildman–Crippen MR) is 130 cm³/mol. The molecule has 0 bridgehead atoms. The van der Waals surface area contributed by atoms with Gasteiger partial charge in [-0.3, -0.25) is 9.48 Å². The molecule has 3 aromatic rings. The fourth-order valence-corrected chi connectivity index (χ4v) is 2.92. The van der Waals surface area contributed by atoms with Gasteiger partial charge in [0.2, 0.25) is 5.91 Å². The number of aromatic nitrogens is 2. The number of rotatable bonds is 8. The second-order valence-electron chi connectivity index (χ2n) is 6.58. The minimum Gasteiger partial charge on any atom is -0.366 e. The quantitative estimate of drug-likeness (QED) is 0.243. The number of amides is 1. The number of nitrogens with zero attached hydrogens (tertiary/aromatic N) is 3. The standard InChI is InChI=1S/C22H26N6O.HI/c1-2-24-22(25-14-17-8-10-18(11-9-17)21(23)29)26-15-19-6-3-4-7-20(19)16-28-13-5-12-27-28;/h3-13H,2,14-16H2,1H3,(H2,23,29)(H2,24,25,26);1H. The van der Waals surface area contributed by atoms with Gasteiger partial charge in [0.25, 0.3) is 0 Å². The van der Waals surface area contributed by atoms with Crippen LogP contribution in [0.15, 0.2) is 72.0 Å². The van der Waals surface area contributed by atoms with Gasteiger partial charge in [0.05, 0.1) is 13.1 Å². The van der Waals surface area contributed by atoms with Crippen LogP contribution in [-0.2, 0) is 19.6 Å². The summed E-state index contributed by atoms with van der Waals surface area (Å²) in [5, 5.41) is 10.9. The molecule has 2 aromatic carbocycles. The summed E-state index contributed by atoms with van der Waals surface area (Å²) in [5.74, 6) is 0.309. The van der Waals surface area contributed by atoms with Crippen molar-refractivity contribution in [1.29, 1.82) is 0 Å². The molecule has 1 aromatic heterocycles. The monoisotopic (exact) mass is 518 g/mol. The Hall–Kier alpha value is -2.88. The van der Waals surface area contributed by atoms with Crippen LogP contribution in [0.25, 0.3) is 0 Å². The number of nitrogens with one attached hydrogen (secondary N) is 2. The van der Waals surface area contributed by atoms with E-state index in [0.717, 1.165) is 24.6 Å². The van der Waals surface area contributed by atoms with Gasteiger partial charge in [-0.15, -0.1) is 24.0 Å². The molecule has 3 rings (SSSR count). The van der Waals surface area contributed by atoms with Crippen LogP contribution in [-0.4, -0.2) is 28.2 Å². The van der Waals surface area contributed by atoms with Crippen LogP contribution in [0.2, 0.25) is 0 Å². The number of hydrogen-bond donors (Lipinski definition) is 3. The van der Waals surface area contributed by atoms with Crippen LogP contribution in [0, 0.1) is 0 Å². The molecule has 0 saturated carbocycles. The van der Waals surface area contributed by atoms with Crippen molar-refractivity contribution in [3.63, 3.8) is 0 Å². The Morgan fingerprint density at radius 1 is 1.07 bits per heavy atom. The average molecular weight is 518 g/mol. The summed E-state index contributed by atoms with van der Waals surface area (Å²) in [6.07, 6.45) is 3.74. The molecule has 0 aliphatic rings. The molecule has 0 unspecified atom stereocenters. The topological polar surface area (TPSA) is 97.3 Å². The molecular weight excluding hydrogens is 491 g/mol. The molecule has 158 valence electrons. The lowest BCUT2D eigenvalue weighted by molar-refractivity contribution is 0.100. The van der Waals surface area contributed by atoms with Crippen LogP contribution in [0.5, 0.6) is 0 Å². The summed E-state index contributed by atoms with van der Waals surface area (Å²) in [7, 11) is 0. The zero-order valence-corrected chi connectivity index (χ0v) is 19.2. The average Bonchev–Trinajstić information content (AvgIpc) is 3.24. The number of nitrogens with two attached hydrogens (primary N) is 1. The van der Waals surface area contributed by atoms with Gasteiger partial charge in [-0.25, -0.2) is 4.99 Å². The third-order valence-corrected chi connectivity index (χ3v) is 4.46. The maximum atomic E-state index is 11.2. The van der Waals surface area contributed by atoms with E-state index in [0.29, 0.717) is 18.7 Å². The van der Waals surface area contributed by atoms with Crippen LogP contribution < -0.4 is 16.4 Å². The summed E-state index contributed by atoms with van der Waals surface area (Å²) in [6.45, 7) is 4.68. The molecule has 7 nitrogen and oxygen atoms in total. The highest BCUT2D eigenvalue weighted by atomic mass is 127. The Bertz CT molecular complexity index is 954. The highest BCUT2D eigenvalue weighted by Gasteiger charge is 2.05. The van der Waals surface area contributed by atoms with Crippen molar-refractivity contribution in [3.8, 4) is 0 Å². The van der Waals surface area contributed by atoms with Gasteiger partial charge in [-0.2, -0.15) is 5.10 Å². The van der Waals surface area contributed by atoms with Crippen molar-refractivity contribution in [2.45, 2.75) is 26.6 Å². The van der Waals surface area contributed by atoms with Crippen LogP contribution in [0.1, 0.15) is 34.0 Å². The van der Waals surface area contributed by atoms with E-state index in [1.54, 1.807) is 18.3 Å². The predicted octanol–water partition coefficient (Wildman–Crippen LogP) is 2.90. The van der Waals surface area contributed by atoms with Gasteiger partial charge in [0, 0.05) is 31.0 Å². The molecular formula is C22H27IN6O. The first kappa shape index (κ1) is 23.4. The largest absolute Gasteiger partial charge is 0.366 e. The first-order valence-corrected chi connectivity index (χ1v) is 9.61. The number of halogens is 1. The summed E-state index contributed by atoms with van der Waals surface area (Å²) < 4.78 is 1.91. The summed E-state index contributed by atoms with van der Waals surface area (Å²) in [4.78, 5) is 15.8. The van der Waals surface area contributed by atoms with Crippen molar-refractivity contribution in [2.75, 3.05) is 6.54 Å². The van der Waals surface area contributed by atoms with Gasteiger partial charge < -0.3 is 16.4 Å². The zero-order valence-electron chi connectivity index (χ0n) is 16.9. The maximum absolute atomic E-state index is 11.2. The van der Waals surface area contributed by atoms with E-state index >= 15 is 0 Å². The lowest BCUT2D eigenvalue weighted by atomic mass is 10.1. The molecule has 1 heterocycles. The van der Waals surface area contributed by atoms with Crippen LogP contribution >= 0.6 is 24.0 Å². The number of primary amides is 1. The summed E-state index contributed by atoms with van der Waals surface area (Å²) in [6, 6.07) is 17.4. The number of aliphatic imine (C=N–C) groups is 1. The smallest absolute Gasteiger partial charge is 0.248 e. The van der Waals surface area contributed by atoms with Gasteiger partial charge >= 0.3 is 0 Å². The van der Waals surface area contributed by atoms with E-state index in [1.807, 2.05) is 48.1 Å². The molecule has 0 aliphatic heterocycles. The summed E-state index contributed by atoms with van der Waals surface area (Å²) in [5.41, 5.74) is 9.19. The zero-order chi connectivity index (χ0) is 20.5. The van der Waals surface area contributed by atoms with Gasteiger partial charge in [-0.05, 0) is 41.8 Å². The second-order valence-corrected chi connectivity index (χ2v) is 6.58. The SMILES string of the molecule is CCNC(=NCc1ccc(C(N)=O)cc1)NCc1ccccc1Cn1cccn1.I. The molecule has 4 N–H and O–H groups in total. The molecule has 0 fully saturated rings. The van der Waals surface area contributed by atoms with Crippen molar-refractivity contribution >= 4 is 35.8 Å². The number of carbonyl (C=O) groups excluding carboxylic acids is 1. The number of benzene rings is 2. The molecule has 0 atom stereocenters. The fraction of sp³-hybridized carbons (Fsp3) is 0.227. The third-order valence-electron chi connectivity index (χ3n) is 4.46. The van der Waals surface area contributed by atoms with E-state index in [1.165, 1.54) is 11.1 Å². The molecule has 0 aliphatic carbocycles. The van der Waals surface area contributed by atoms with Crippen molar-refractivity contribution in [1.82, 2.24) is 20.4 Å². The second kappa shape index (κ2) is 12.0. The van der Waals surface area contributed by atoms with E-state index in [9.17, 15) is 4.79 Å². The van der Waals surface area contributed by atoms with Crippen LogP contribution in [0.4, 0.5) is 0 Å². The Morgan fingerprint density at radius 2 is 1.80 bits per heavy atom. The molecule has 30 heavy (non-hydrogen) atoms. The fourth-order valence-electron chi connectivity index (χ4n) is 2.92. The normalized spacial score (nSPS) is 10.9. The van der Waals surface area contributed by atoms with Gasteiger partial charge in [0.1, 0.15) is 0 Å². The molecule has 0 spiro atoms. The highest BCUT2D eigenvalue weighted by Crippen LogP contribution is 2.10. The summed E-state index contributed by atoms with van der Waals surface area (Å²) >= 11 is 0. The minimum absolute atomic E-state index is 0. The van der Waals surface area contributed by atoms with Gasteiger partial charge in [-0.1, -0.05) is 36.4 Å². The molecule has 0 radical (unpaired) electrons. The van der Waals surface area contributed by atoms with Crippen molar-refractivity contribution in [2.24, 2.45) is 10.7 Å². The number of hydrogen-bond acceptors (Lipinski definition) is 3. The lowest BCUT2D eigenvalue weighted by Crippen LogP contribution is -2.37. The van der Waals surface area contributed by atoms with E-state index < -0.39 is 5.91 Å². The number of guanidine groups is 1. The minimum atomic E-state index is -0.427. The molecule has 1 amide bonds. The maximum Gasteiger partial charge on any atom is 0.248 e. The van der Waals surface area contributed by atoms with E-state index in [-0.39, 0.29) is 24.0 Å².